The van der Waals surface area contributed by atoms with E-state index in [1.54, 1.807) is 6.92 Å². The molecule has 1 aliphatic rings. The Kier molecular flexibility index (Phi) is 6.29. The molecule has 0 saturated heterocycles. The lowest BCUT2D eigenvalue weighted by molar-refractivity contribution is -0.131. The normalized spacial score (nSPS) is 14.9. The summed E-state index contributed by atoms with van der Waals surface area (Å²) in [7, 11) is 0. The van der Waals surface area contributed by atoms with Gasteiger partial charge in [-0.2, -0.15) is 0 Å². The van der Waals surface area contributed by atoms with Crippen LogP contribution in [-0.2, 0) is 16.0 Å². The zero-order valence-electron chi connectivity index (χ0n) is 13.0. The van der Waals surface area contributed by atoms with Crippen molar-refractivity contribution in [3.63, 3.8) is 0 Å². The van der Waals surface area contributed by atoms with Crippen LogP contribution in [0.5, 0.6) is 5.75 Å². The van der Waals surface area contributed by atoms with Crippen molar-refractivity contribution in [1.29, 1.82) is 0 Å². The van der Waals surface area contributed by atoms with Gasteiger partial charge < -0.3 is 14.8 Å². The quantitative estimate of drug-likeness (QED) is 0.711. The van der Waals surface area contributed by atoms with E-state index >= 15 is 0 Å². The van der Waals surface area contributed by atoms with Gasteiger partial charge in [-0.25, -0.2) is 0 Å². The van der Waals surface area contributed by atoms with Gasteiger partial charge >= 0.3 is 0 Å². The molecule has 22 heavy (non-hydrogen) atoms. The number of hydrogen-bond acceptors (Lipinski definition) is 3. The summed E-state index contributed by atoms with van der Waals surface area (Å²) >= 11 is 0. The highest BCUT2D eigenvalue weighted by molar-refractivity contribution is 5.80. The summed E-state index contributed by atoms with van der Waals surface area (Å²) in [5.74, 6) is 3.81. The smallest absolute Gasteiger partial charge is 0.248 e. The molecule has 4 heteroatoms. The first-order valence-corrected chi connectivity index (χ1v) is 7.73. The minimum atomic E-state index is -0.375. The van der Waals surface area contributed by atoms with Crippen molar-refractivity contribution >= 4 is 5.91 Å². The standard InChI is InChI=1S/C18H23NO3/c1-3-12-21-17-8-6-15(7-9-17)10-11-19-18(20)14(2)22-13-16-4-5-16/h1,6-9,14,16H,4-5,10-13H2,2H3,(H,19,20)/t14-/m1/s1. The van der Waals surface area contributed by atoms with Crippen LogP contribution in [0.15, 0.2) is 24.3 Å². The third kappa shape index (κ3) is 5.79. The van der Waals surface area contributed by atoms with E-state index in [-0.39, 0.29) is 18.6 Å². The number of benzene rings is 1. The average Bonchev–Trinajstić information content (AvgIpc) is 3.36. The van der Waals surface area contributed by atoms with Crippen molar-refractivity contribution in [3.8, 4) is 18.1 Å². The third-order valence-electron chi connectivity index (χ3n) is 3.61. The largest absolute Gasteiger partial charge is 0.481 e. The SMILES string of the molecule is C#CCOc1ccc(CCNC(=O)[C@@H](C)OCC2CC2)cc1. The zero-order chi connectivity index (χ0) is 15.8. The molecule has 0 aliphatic heterocycles. The highest BCUT2D eigenvalue weighted by Crippen LogP contribution is 2.29. The summed E-state index contributed by atoms with van der Waals surface area (Å²) in [5, 5.41) is 2.90. The van der Waals surface area contributed by atoms with Crippen LogP contribution >= 0.6 is 0 Å². The molecular weight excluding hydrogens is 278 g/mol. The lowest BCUT2D eigenvalue weighted by Gasteiger charge is -2.13. The van der Waals surface area contributed by atoms with E-state index in [1.807, 2.05) is 24.3 Å². The molecule has 0 radical (unpaired) electrons. The Morgan fingerprint density at radius 3 is 2.77 bits per heavy atom. The number of nitrogens with one attached hydrogen (secondary N) is 1. The van der Waals surface area contributed by atoms with Gasteiger partial charge in [0.05, 0.1) is 6.61 Å². The number of carbonyl (C=O) groups excluding carboxylic acids is 1. The van der Waals surface area contributed by atoms with Crippen molar-refractivity contribution in [2.45, 2.75) is 32.3 Å². The number of amides is 1. The summed E-state index contributed by atoms with van der Waals surface area (Å²) in [5.41, 5.74) is 1.14. The molecule has 1 aliphatic carbocycles. The van der Waals surface area contributed by atoms with E-state index in [0.717, 1.165) is 17.7 Å². The predicted molar refractivity (Wildman–Crippen MR) is 85.6 cm³/mol. The highest BCUT2D eigenvalue weighted by Gasteiger charge is 2.23. The first-order valence-electron chi connectivity index (χ1n) is 7.73. The second-order valence-corrected chi connectivity index (χ2v) is 5.60. The topological polar surface area (TPSA) is 47.6 Å². The Hall–Kier alpha value is -1.99. The minimum Gasteiger partial charge on any atom is -0.481 e. The van der Waals surface area contributed by atoms with Gasteiger partial charge in [-0.15, -0.1) is 6.42 Å². The van der Waals surface area contributed by atoms with Crippen molar-refractivity contribution in [1.82, 2.24) is 5.32 Å². The molecule has 1 amide bonds. The number of rotatable bonds is 9. The van der Waals surface area contributed by atoms with E-state index in [2.05, 4.69) is 11.2 Å². The molecule has 1 aromatic carbocycles. The first kappa shape index (κ1) is 16.4. The van der Waals surface area contributed by atoms with Crippen LogP contribution in [-0.4, -0.2) is 31.8 Å². The fourth-order valence-corrected chi connectivity index (χ4v) is 1.99. The average molecular weight is 301 g/mol. The summed E-state index contributed by atoms with van der Waals surface area (Å²) in [4.78, 5) is 11.9. The number of terminal acetylenes is 1. The van der Waals surface area contributed by atoms with Gasteiger partial charge in [0.1, 0.15) is 18.5 Å². The van der Waals surface area contributed by atoms with Gasteiger partial charge in [0.15, 0.2) is 0 Å². The Bertz CT molecular complexity index is 514. The molecule has 1 atom stereocenters. The fraction of sp³-hybridized carbons (Fsp3) is 0.500. The van der Waals surface area contributed by atoms with E-state index in [1.165, 1.54) is 12.8 Å². The lowest BCUT2D eigenvalue weighted by Crippen LogP contribution is -2.36. The van der Waals surface area contributed by atoms with Crippen LogP contribution in [0.25, 0.3) is 0 Å². The van der Waals surface area contributed by atoms with Gasteiger partial charge in [-0.3, -0.25) is 4.79 Å². The Morgan fingerprint density at radius 2 is 2.14 bits per heavy atom. The zero-order valence-corrected chi connectivity index (χ0v) is 13.0. The second kappa shape index (κ2) is 8.45. The molecule has 1 fully saturated rings. The molecule has 0 unspecified atom stereocenters. The van der Waals surface area contributed by atoms with Gasteiger partial charge in [0, 0.05) is 6.54 Å². The van der Waals surface area contributed by atoms with Crippen LogP contribution < -0.4 is 10.1 Å². The maximum atomic E-state index is 11.9. The van der Waals surface area contributed by atoms with Crippen LogP contribution in [0.2, 0.25) is 0 Å². The monoisotopic (exact) mass is 301 g/mol. The molecule has 1 N–H and O–H groups in total. The maximum Gasteiger partial charge on any atom is 0.248 e. The molecule has 2 rings (SSSR count). The van der Waals surface area contributed by atoms with Crippen LogP contribution in [0.4, 0.5) is 0 Å². The first-order chi connectivity index (χ1) is 10.7. The molecule has 1 aromatic rings. The van der Waals surface area contributed by atoms with Gasteiger partial charge in [-0.1, -0.05) is 18.1 Å². The molecule has 1 saturated carbocycles. The molecule has 4 nitrogen and oxygen atoms in total. The molecule has 0 aromatic heterocycles. The Morgan fingerprint density at radius 1 is 1.41 bits per heavy atom. The maximum absolute atomic E-state index is 11.9. The van der Waals surface area contributed by atoms with E-state index < -0.39 is 0 Å². The predicted octanol–water partition coefficient (Wildman–Crippen LogP) is 2.17. The van der Waals surface area contributed by atoms with Gasteiger partial charge in [0.25, 0.3) is 0 Å². The van der Waals surface area contributed by atoms with E-state index in [0.29, 0.717) is 19.1 Å². The molecule has 0 spiro atoms. The van der Waals surface area contributed by atoms with E-state index in [9.17, 15) is 4.79 Å². The summed E-state index contributed by atoms with van der Waals surface area (Å²) < 4.78 is 10.9. The van der Waals surface area contributed by atoms with E-state index in [4.69, 9.17) is 15.9 Å². The second-order valence-electron chi connectivity index (χ2n) is 5.60. The molecule has 118 valence electrons. The molecule has 0 bridgehead atoms. The van der Waals surface area contributed by atoms with Gasteiger partial charge in [0.2, 0.25) is 5.91 Å². The Balaban J connectivity index is 1.64. The summed E-state index contributed by atoms with van der Waals surface area (Å²) in [6.45, 7) is 3.37. The van der Waals surface area contributed by atoms with Gasteiger partial charge in [-0.05, 0) is 49.8 Å². The summed E-state index contributed by atoms with van der Waals surface area (Å²) in [6.07, 6.45) is 8.00. The molecular formula is C18H23NO3. The van der Waals surface area contributed by atoms with Crippen molar-refractivity contribution in [2.75, 3.05) is 19.8 Å². The van der Waals surface area contributed by atoms with Crippen molar-refractivity contribution in [2.24, 2.45) is 5.92 Å². The third-order valence-corrected chi connectivity index (χ3v) is 3.61. The van der Waals surface area contributed by atoms with Crippen molar-refractivity contribution in [3.05, 3.63) is 29.8 Å². The van der Waals surface area contributed by atoms with Crippen LogP contribution in [0.1, 0.15) is 25.3 Å². The molecule has 0 heterocycles. The Labute approximate surface area is 132 Å². The number of carbonyl (C=O) groups is 1. The van der Waals surface area contributed by atoms with Crippen molar-refractivity contribution < 1.29 is 14.3 Å². The van der Waals surface area contributed by atoms with Crippen LogP contribution in [0.3, 0.4) is 0 Å². The highest BCUT2D eigenvalue weighted by atomic mass is 16.5. The summed E-state index contributed by atoms with van der Waals surface area (Å²) in [6, 6.07) is 7.72. The van der Waals surface area contributed by atoms with Crippen LogP contribution in [0, 0.1) is 18.3 Å². The lowest BCUT2D eigenvalue weighted by atomic mass is 10.1. The minimum absolute atomic E-state index is 0.0466. The number of hydrogen-bond donors (Lipinski definition) is 1. The number of ether oxygens (including phenoxy) is 2. The fourth-order valence-electron chi connectivity index (χ4n) is 1.99.